The predicted octanol–water partition coefficient (Wildman–Crippen LogP) is 3.70. The van der Waals surface area contributed by atoms with Gasteiger partial charge in [0.2, 0.25) is 0 Å². The first-order valence-corrected chi connectivity index (χ1v) is 8.07. The van der Waals surface area contributed by atoms with Crippen LogP contribution in [0.4, 0.5) is 18.9 Å². The van der Waals surface area contributed by atoms with Gasteiger partial charge in [0.1, 0.15) is 0 Å². The first-order valence-electron chi connectivity index (χ1n) is 8.07. The summed E-state index contributed by atoms with van der Waals surface area (Å²) in [5, 5.41) is 4.05. The van der Waals surface area contributed by atoms with Crippen LogP contribution in [0.15, 0.2) is 47.7 Å². The van der Waals surface area contributed by atoms with Crippen molar-refractivity contribution < 1.29 is 17.9 Å². The highest BCUT2D eigenvalue weighted by molar-refractivity contribution is 6.09. The Morgan fingerprint density at radius 2 is 1.88 bits per heavy atom. The van der Waals surface area contributed by atoms with Crippen LogP contribution < -0.4 is 10.3 Å². The molecule has 2 heterocycles. The van der Waals surface area contributed by atoms with E-state index in [1.165, 1.54) is 6.07 Å². The van der Waals surface area contributed by atoms with Gasteiger partial charge < -0.3 is 9.64 Å². The summed E-state index contributed by atoms with van der Waals surface area (Å²) in [5.74, 6) is 0. The normalized spacial score (nSPS) is 24.1. The van der Waals surface area contributed by atoms with Gasteiger partial charge >= 0.3 is 6.18 Å². The van der Waals surface area contributed by atoms with E-state index < -0.39 is 11.7 Å². The van der Waals surface area contributed by atoms with Crippen molar-refractivity contribution >= 4 is 11.4 Å². The van der Waals surface area contributed by atoms with Crippen LogP contribution in [-0.4, -0.2) is 31.0 Å². The molecule has 0 radical (unpaired) electrons. The highest BCUT2D eigenvalue weighted by Crippen LogP contribution is 2.38. The molecule has 0 amide bonds. The number of nitrogens with one attached hydrogen (secondary N) is 1. The monoisotopic (exact) mass is 351 g/mol. The van der Waals surface area contributed by atoms with Crippen LogP contribution in [0.2, 0.25) is 0 Å². The molecule has 1 fully saturated rings. The van der Waals surface area contributed by atoms with Crippen LogP contribution in [0.25, 0.3) is 0 Å². The Morgan fingerprint density at radius 3 is 2.44 bits per heavy atom. The van der Waals surface area contributed by atoms with E-state index in [1.807, 2.05) is 13.8 Å². The van der Waals surface area contributed by atoms with Crippen LogP contribution >= 0.6 is 0 Å². The molecular weight excluding hydrogens is 331 g/mol. The number of rotatable bonds is 2. The molecule has 0 bridgehead atoms. The number of hydrazone groups is 1. The Kier molecular flexibility index (Phi) is 4.60. The lowest BCUT2D eigenvalue weighted by molar-refractivity contribution is -0.137. The van der Waals surface area contributed by atoms with Gasteiger partial charge in [0.15, 0.2) is 0 Å². The number of benzene rings is 1. The van der Waals surface area contributed by atoms with Gasteiger partial charge in [-0.15, -0.1) is 0 Å². The second kappa shape index (κ2) is 6.55. The molecule has 25 heavy (non-hydrogen) atoms. The first kappa shape index (κ1) is 17.5. The number of ether oxygens (including phenoxy) is 1. The molecule has 134 valence electrons. The Bertz CT molecular complexity index is 730. The first-order chi connectivity index (χ1) is 11.7. The number of morpholine rings is 1. The number of nitrogens with zero attached hydrogens (tertiary/aromatic N) is 2. The molecule has 0 unspecified atom stereocenters. The maximum atomic E-state index is 13.7. The molecule has 1 aromatic carbocycles. The second-order valence-corrected chi connectivity index (χ2v) is 6.36. The molecule has 7 heteroatoms. The number of hydrogen-bond donors (Lipinski definition) is 1. The summed E-state index contributed by atoms with van der Waals surface area (Å²) in [6.07, 6.45) is -1.37. The number of hydrogen-bond acceptors (Lipinski definition) is 4. The van der Waals surface area contributed by atoms with E-state index in [9.17, 15) is 13.2 Å². The number of anilines is 1. The number of halogens is 3. The Labute approximate surface area is 144 Å². The average molecular weight is 351 g/mol. The topological polar surface area (TPSA) is 36.9 Å². The highest BCUT2D eigenvalue weighted by Gasteiger charge is 2.37. The molecule has 0 spiro atoms. The summed E-state index contributed by atoms with van der Waals surface area (Å²) in [7, 11) is 0. The van der Waals surface area contributed by atoms with Gasteiger partial charge in [0, 0.05) is 30.0 Å². The van der Waals surface area contributed by atoms with Crippen LogP contribution in [0.1, 0.15) is 25.0 Å². The summed E-state index contributed by atoms with van der Waals surface area (Å²) in [5.41, 5.74) is 3.63. The van der Waals surface area contributed by atoms with Crippen molar-refractivity contribution in [1.29, 1.82) is 0 Å². The fourth-order valence-corrected chi connectivity index (χ4v) is 3.12. The molecule has 0 aromatic heterocycles. The zero-order valence-electron chi connectivity index (χ0n) is 14.1. The predicted molar refractivity (Wildman–Crippen MR) is 91.6 cm³/mol. The third-order valence-electron chi connectivity index (χ3n) is 4.12. The largest absolute Gasteiger partial charge is 0.418 e. The number of allylic oxidation sites excluding steroid dienone is 2. The van der Waals surface area contributed by atoms with Crippen LogP contribution in [-0.2, 0) is 10.9 Å². The summed E-state index contributed by atoms with van der Waals surface area (Å²) >= 11 is 0. The lowest BCUT2D eigenvalue weighted by atomic mass is 10.0. The molecule has 2 atom stereocenters. The van der Waals surface area contributed by atoms with E-state index in [-0.39, 0.29) is 17.9 Å². The summed E-state index contributed by atoms with van der Waals surface area (Å²) in [6.45, 7) is 8.27. The summed E-state index contributed by atoms with van der Waals surface area (Å²) < 4.78 is 46.6. The van der Waals surface area contributed by atoms with Gasteiger partial charge in [-0.25, -0.2) is 0 Å². The van der Waals surface area contributed by atoms with E-state index in [0.29, 0.717) is 30.1 Å². The van der Waals surface area contributed by atoms with Crippen molar-refractivity contribution in [2.24, 2.45) is 5.10 Å². The third-order valence-corrected chi connectivity index (χ3v) is 4.12. The Hall–Kier alpha value is -2.28. The van der Waals surface area contributed by atoms with Gasteiger partial charge in [-0.1, -0.05) is 12.6 Å². The Morgan fingerprint density at radius 1 is 1.20 bits per heavy atom. The summed E-state index contributed by atoms with van der Waals surface area (Å²) in [6, 6.07) is 4.33. The van der Waals surface area contributed by atoms with Gasteiger partial charge in [0.05, 0.1) is 23.5 Å². The van der Waals surface area contributed by atoms with Crippen LogP contribution in [0, 0.1) is 0 Å². The molecule has 1 saturated heterocycles. The van der Waals surface area contributed by atoms with E-state index in [2.05, 4.69) is 17.1 Å². The van der Waals surface area contributed by atoms with Crippen LogP contribution in [0.3, 0.4) is 0 Å². The highest BCUT2D eigenvalue weighted by atomic mass is 19.4. The molecule has 3 rings (SSSR count). The molecule has 1 aromatic rings. The fourth-order valence-electron chi connectivity index (χ4n) is 3.12. The lowest BCUT2D eigenvalue weighted by Gasteiger charge is -2.38. The zero-order valence-corrected chi connectivity index (χ0v) is 14.1. The van der Waals surface area contributed by atoms with E-state index in [0.717, 1.165) is 6.07 Å². The molecule has 2 aliphatic rings. The lowest BCUT2D eigenvalue weighted by Crippen LogP contribution is -2.46. The minimum absolute atomic E-state index is 0.120. The van der Waals surface area contributed by atoms with E-state index in [1.54, 1.807) is 23.1 Å². The maximum Gasteiger partial charge on any atom is 0.418 e. The van der Waals surface area contributed by atoms with Crippen molar-refractivity contribution in [3.8, 4) is 0 Å². The second-order valence-electron chi connectivity index (χ2n) is 6.36. The summed E-state index contributed by atoms with van der Waals surface area (Å²) in [4.78, 5) is 1.74. The quantitative estimate of drug-likeness (QED) is 0.883. The Balaban J connectivity index is 1.99. The minimum atomic E-state index is -4.45. The zero-order chi connectivity index (χ0) is 18.2. The maximum absolute atomic E-state index is 13.7. The van der Waals surface area contributed by atoms with E-state index >= 15 is 0 Å². The fraction of sp³-hybridized carbons (Fsp3) is 0.389. The van der Waals surface area contributed by atoms with Gasteiger partial charge in [-0.3, -0.25) is 5.43 Å². The van der Waals surface area contributed by atoms with Crippen molar-refractivity contribution in [3.05, 3.63) is 53.8 Å². The van der Waals surface area contributed by atoms with Crippen molar-refractivity contribution in [2.45, 2.75) is 32.2 Å². The van der Waals surface area contributed by atoms with Crippen molar-refractivity contribution in [2.75, 3.05) is 18.0 Å². The standard InChI is InChI=1S/C18H20F3N3O/c1-11-4-6-16(23-22-11)14-5-7-17(15(8-14)18(19,20)21)24-9-12(2)25-13(3)10-24/h4-8,12-13,22H,1,9-10H2,2-3H3/t12-,13+. The molecule has 0 saturated carbocycles. The van der Waals surface area contributed by atoms with Gasteiger partial charge in [-0.2, -0.15) is 18.3 Å². The molecule has 4 nitrogen and oxygen atoms in total. The van der Waals surface area contributed by atoms with Gasteiger partial charge in [-0.05, 0) is 38.1 Å². The SMILES string of the molecule is C=C1C=CC(c2ccc(N3C[C@@H](C)O[C@@H](C)C3)c(C(F)(F)F)c2)=NN1. The molecule has 0 aliphatic carbocycles. The van der Waals surface area contributed by atoms with Crippen molar-refractivity contribution in [1.82, 2.24) is 5.43 Å². The number of alkyl halides is 3. The van der Waals surface area contributed by atoms with E-state index in [4.69, 9.17) is 4.74 Å². The van der Waals surface area contributed by atoms with Gasteiger partial charge in [0.25, 0.3) is 0 Å². The minimum Gasteiger partial charge on any atom is -0.372 e. The molecule has 1 N–H and O–H groups in total. The van der Waals surface area contributed by atoms with Crippen LogP contribution in [0.5, 0.6) is 0 Å². The third kappa shape index (κ3) is 3.87. The average Bonchev–Trinajstić information content (AvgIpc) is 2.53. The molecule has 2 aliphatic heterocycles. The van der Waals surface area contributed by atoms with Crippen molar-refractivity contribution in [3.63, 3.8) is 0 Å². The smallest absolute Gasteiger partial charge is 0.372 e. The molecular formula is C18H20F3N3O.